The second kappa shape index (κ2) is 10.9. The lowest BCUT2D eigenvalue weighted by molar-refractivity contribution is 0.0938. The molecule has 0 aliphatic rings. The van der Waals surface area contributed by atoms with Crippen molar-refractivity contribution in [3.63, 3.8) is 0 Å². The van der Waals surface area contributed by atoms with E-state index in [9.17, 15) is 9.59 Å². The summed E-state index contributed by atoms with van der Waals surface area (Å²) in [6, 6.07) is 7.64. The van der Waals surface area contributed by atoms with Gasteiger partial charge in [-0.1, -0.05) is 26.0 Å². The number of urea groups is 1. The Morgan fingerprint density at radius 3 is 2.45 bits per heavy atom. The van der Waals surface area contributed by atoms with Crippen molar-refractivity contribution in [1.82, 2.24) is 15.2 Å². The predicted octanol–water partition coefficient (Wildman–Crippen LogP) is 4.09. The Morgan fingerprint density at radius 2 is 1.86 bits per heavy atom. The van der Waals surface area contributed by atoms with Crippen molar-refractivity contribution < 1.29 is 14.3 Å². The Bertz CT molecular complexity index is 803. The summed E-state index contributed by atoms with van der Waals surface area (Å²) in [5.74, 6) is 0.227. The minimum absolute atomic E-state index is 0.0405. The van der Waals surface area contributed by atoms with Crippen LogP contribution in [0.3, 0.4) is 0 Å². The van der Waals surface area contributed by atoms with E-state index in [4.69, 9.17) is 4.74 Å². The first-order chi connectivity index (χ1) is 13.8. The molecule has 0 aliphatic carbocycles. The van der Waals surface area contributed by atoms with Crippen LogP contribution in [0.2, 0.25) is 0 Å². The summed E-state index contributed by atoms with van der Waals surface area (Å²) in [6.07, 6.45) is 0. The predicted molar refractivity (Wildman–Crippen MR) is 117 cm³/mol. The fourth-order valence-electron chi connectivity index (χ4n) is 2.59. The van der Waals surface area contributed by atoms with E-state index < -0.39 is 0 Å². The summed E-state index contributed by atoms with van der Waals surface area (Å²) in [5, 5.41) is 8.15. The van der Waals surface area contributed by atoms with E-state index >= 15 is 0 Å². The van der Waals surface area contributed by atoms with Gasteiger partial charge in [-0.15, -0.1) is 11.3 Å². The van der Waals surface area contributed by atoms with Gasteiger partial charge in [-0.05, 0) is 37.5 Å². The summed E-state index contributed by atoms with van der Waals surface area (Å²) >= 11 is 1.36. The van der Waals surface area contributed by atoms with Crippen LogP contribution in [0.1, 0.15) is 54.7 Å². The van der Waals surface area contributed by atoms with E-state index in [1.165, 1.54) is 16.9 Å². The molecule has 1 aromatic carbocycles. The number of rotatable bonds is 9. The molecule has 0 fully saturated rings. The highest BCUT2D eigenvalue weighted by atomic mass is 32.1. The largest absolute Gasteiger partial charge is 0.383 e. The summed E-state index contributed by atoms with van der Waals surface area (Å²) in [5.41, 5.74) is 2.32. The molecule has 0 unspecified atom stereocenters. The first-order valence-electron chi connectivity index (χ1n) is 9.70. The third kappa shape index (κ3) is 7.14. The van der Waals surface area contributed by atoms with Crippen LogP contribution in [-0.2, 0) is 11.3 Å². The number of amides is 3. The van der Waals surface area contributed by atoms with Crippen molar-refractivity contribution in [1.29, 1.82) is 0 Å². The van der Waals surface area contributed by atoms with E-state index in [1.807, 2.05) is 38.1 Å². The Labute approximate surface area is 176 Å². The molecule has 8 heteroatoms. The summed E-state index contributed by atoms with van der Waals surface area (Å²) in [6.45, 7) is 9.18. The second-order valence-electron chi connectivity index (χ2n) is 7.38. The molecule has 0 aliphatic heterocycles. The third-order valence-electron chi connectivity index (χ3n) is 4.21. The molecule has 0 saturated heterocycles. The second-order valence-corrected chi connectivity index (χ2v) is 8.32. The smallest absolute Gasteiger partial charge is 0.322 e. The van der Waals surface area contributed by atoms with Gasteiger partial charge in [0.25, 0.3) is 5.91 Å². The Morgan fingerprint density at radius 1 is 1.17 bits per heavy atom. The fourth-order valence-corrected chi connectivity index (χ4v) is 3.38. The first kappa shape index (κ1) is 22.8. The van der Waals surface area contributed by atoms with E-state index in [0.717, 1.165) is 5.69 Å². The van der Waals surface area contributed by atoms with Crippen molar-refractivity contribution in [2.24, 2.45) is 0 Å². The number of nitrogens with zero attached hydrogens (tertiary/aromatic N) is 2. The number of methoxy groups -OCH3 is 1. The van der Waals surface area contributed by atoms with E-state index in [-0.39, 0.29) is 18.0 Å². The molecule has 1 heterocycles. The van der Waals surface area contributed by atoms with Crippen LogP contribution in [0.4, 0.5) is 10.5 Å². The first-order valence-corrected chi connectivity index (χ1v) is 10.6. The van der Waals surface area contributed by atoms with E-state index in [1.54, 1.807) is 17.4 Å². The number of anilines is 1. The molecule has 0 spiro atoms. The van der Waals surface area contributed by atoms with E-state index in [0.29, 0.717) is 36.3 Å². The molecule has 1 aromatic heterocycles. The molecule has 2 N–H and O–H groups in total. The summed E-state index contributed by atoms with van der Waals surface area (Å²) < 4.78 is 5.14. The van der Waals surface area contributed by atoms with Gasteiger partial charge in [-0.25, -0.2) is 9.78 Å². The molecule has 29 heavy (non-hydrogen) atoms. The number of carbonyl (C=O) groups is 2. The molecule has 0 atom stereocenters. The standard InChI is InChI=1S/C21H30N4O3S/c1-14(2)16-6-8-17(9-7-16)23-21(27)25(10-11-28-5)12-19-24-18(13-29-19)20(26)22-15(3)4/h6-9,13-15H,10-12H2,1-5H3,(H,22,26)(H,23,27). The lowest BCUT2D eigenvalue weighted by atomic mass is 10.0. The van der Waals surface area contributed by atoms with Crippen LogP contribution >= 0.6 is 11.3 Å². The van der Waals surface area contributed by atoms with Gasteiger partial charge in [0.05, 0.1) is 13.2 Å². The van der Waals surface area contributed by atoms with Crippen LogP contribution in [0.5, 0.6) is 0 Å². The lowest BCUT2D eigenvalue weighted by Crippen LogP contribution is -2.37. The highest BCUT2D eigenvalue weighted by Crippen LogP contribution is 2.18. The Balaban J connectivity index is 2.05. The van der Waals surface area contributed by atoms with Gasteiger partial charge in [0.15, 0.2) is 0 Å². The monoisotopic (exact) mass is 418 g/mol. The average Bonchev–Trinajstić information content (AvgIpc) is 3.13. The van der Waals surface area contributed by atoms with Crippen molar-refractivity contribution >= 4 is 29.0 Å². The van der Waals surface area contributed by atoms with Gasteiger partial charge >= 0.3 is 6.03 Å². The van der Waals surface area contributed by atoms with Crippen LogP contribution in [-0.4, -0.2) is 48.1 Å². The Hall–Kier alpha value is -2.45. The SMILES string of the molecule is COCCN(Cc1nc(C(=O)NC(C)C)cs1)C(=O)Nc1ccc(C(C)C)cc1. The zero-order valence-electron chi connectivity index (χ0n) is 17.7. The maximum absolute atomic E-state index is 12.8. The number of hydrogen-bond acceptors (Lipinski definition) is 5. The topological polar surface area (TPSA) is 83.6 Å². The number of carbonyl (C=O) groups excluding carboxylic acids is 2. The molecule has 2 rings (SSSR count). The minimum atomic E-state index is -0.234. The summed E-state index contributed by atoms with van der Waals surface area (Å²) in [7, 11) is 1.60. The van der Waals surface area contributed by atoms with Gasteiger partial charge in [0.2, 0.25) is 0 Å². The van der Waals surface area contributed by atoms with Crippen LogP contribution in [0.15, 0.2) is 29.6 Å². The molecule has 0 bridgehead atoms. The minimum Gasteiger partial charge on any atom is -0.383 e. The quantitative estimate of drug-likeness (QED) is 0.643. The molecule has 7 nitrogen and oxygen atoms in total. The maximum Gasteiger partial charge on any atom is 0.322 e. The van der Waals surface area contributed by atoms with Crippen molar-refractivity contribution in [2.75, 3.05) is 25.6 Å². The number of benzene rings is 1. The zero-order chi connectivity index (χ0) is 21.4. The number of ether oxygens (including phenoxy) is 1. The number of hydrogen-bond donors (Lipinski definition) is 2. The molecule has 3 amide bonds. The fraction of sp³-hybridized carbons (Fsp3) is 0.476. The lowest BCUT2D eigenvalue weighted by Gasteiger charge is -2.22. The molecule has 0 saturated carbocycles. The molecular weight excluding hydrogens is 388 g/mol. The van der Waals surface area contributed by atoms with Gasteiger partial charge in [-0.2, -0.15) is 0 Å². The average molecular weight is 419 g/mol. The molecule has 158 valence electrons. The Kier molecular flexibility index (Phi) is 8.60. The summed E-state index contributed by atoms with van der Waals surface area (Å²) in [4.78, 5) is 30.9. The third-order valence-corrected chi connectivity index (χ3v) is 5.05. The highest BCUT2D eigenvalue weighted by molar-refractivity contribution is 7.09. The normalized spacial score (nSPS) is 11.0. The molecule has 0 radical (unpaired) electrons. The van der Waals surface area contributed by atoms with Crippen molar-refractivity contribution in [3.8, 4) is 0 Å². The van der Waals surface area contributed by atoms with Crippen molar-refractivity contribution in [3.05, 3.63) is 45.9 Å². The van der Waals surface area contributed by atoms with E-state index in [2.05, 4.69) is 29.5 Å². The van der Waals surface area contributed by atoms with Crippen LogP contribution in [0, 0.1) is 0 Å². The number of thiazole rings is 1. The molecular formula is C21H30N4O3S. The van der Waals surface area contributed by atoms with Gasteiger partial charge in [0.1, 0.15) is 10.7 Å². The highest BCUT2D eigenvalue weighted by Gasteiger charge is 2.18. The van der Waals surface area contributed by atoms with Crippen LogP contribution < -0.4 is 10.6 Å². The van der Waals surface area contributed by atoms with Crippen molar-refractivity contribution in [2.45, 2.75) is 46.2 Å². The maximum atomic E-state index is 12.8. The molecule has 2 aromatic rings. The van der Waals surface area contributed by atoms with Gasteiger partial charge in [-0.3, -0.25) is 4.79 Å². The zero-order valence-corrected chi connectivity index (χ0v) is 18.5. The van der Waals surface area contributed by atoms with Gasteiger partial charge in [0, 0.05) is 30.8 Å². The van der Waals surface area contributed by atoms with Gasteiger partial charge < -0.3 is 20.3 Å². The number of aromatic nitrogens is 1. The van der Waals surface area contributed by atoms with Crippen LogP contribution in [0.25, 0.3) is 0 Å². The number of nitrogens with one attached hydrogen (secondary N) is 2.